The van der Waals surface area contributed by atoms with Gasteiger partial charge in [-0.25, -0.2) is 5.84 Å². The second kappa shape index (κ2) is 7.16. The van der Waals surface area contributed by atoms with Crippen molar-refractivity contribution in [3.63, 3.8) is 0 Å². The Morgan fingerprint density at radius 1 is 1.21 bits per heavy atom. The van der Waals surface area contributed by atoms with E-state index in [-0.39, 0.29) is 0 Å². The van der Waals surface area contributed by atoms with E-state index in [1.807, 2.05) is 48.5 Å². The highest BCUT2D eigenvalue weighted by Gasteiger charge is 2.09. The minimum Gasteiger partial charge on any atom is -0.489 e. The van der Waals surface area contributed by atoms with Crippen LogP contribution in [-0.2, 0) is 6.61 Å². The monoisotopic (exact) mass is 342 g/mol. The first-order chi connectivity index (χ1) is 11.7. The smallest absolute Gasteiger partial charge is 0.283 e. The second-order valence-corrected chi connectivity index (χ2v) is 5.45. The van der Waals surface area contributed by atoms with Crippen LogP contribution >= 0.6 is 11.6 Å². The maximum absolute atomic E-state index is 11.4. The molecule has 2 aromatic carbocycles. The zero-order chi connectivity index (χ0) is 16.9. The molecule has 0 aliphatic heterocycles. The standard InChI is InChI=1S/C17H15ClN4O2/c18-14-4-2-1-3-12(14)10-24-13-7-5-11(6-8-13)15-9-16(22-21-15)17(23)20-19/h1-9H,10,19H2,(H,20,23)(H,21,22). The third-order valence-electron chi connectivity index (χ3n) is 3.46. The first-order valence-corrected chi connectivity index (χ1v) is 7.58. The molecule has 0 fully saturated rings. The van der Waals surface area contributed by atoms with Crippen molar-refractivity contribution in [3.05, 3.63) is 70.9 Å². The predicted molar refractivity (Wildman–Crippen MR) is 91.5 cm³/mol. The second-order valence-electron chi connectivity index (χ2n) is 5.04. The first kappa shape index (κ1) is 16.0. The van der Waals surface area contributed by atoms with Crippen LogP contribution in [0.25, 0.3) is 11.3 Å². The Morgan fingerprint density at radius 3 is 2.67 bits per heavy atom. The molecule has 24 heavy (non-hydrogen) atoms. The minimum atomic E-state index is -0.423. The van der Waals surface area contributed by atoms with Gasteiger partial charge in [-0.2, -0.15) is 5.10 Å². The van der Waals surface area contributed by atoms with Crippen LogP contribution in [0.4, 0.5) is 0 Å². The van der Waals surface area contributed by atoms with Gasteiger partial charge < -0.3 is 4.74 Å². The number of rotatable bonds is 5. The fourth-order valence-corrected chi connectivity index (χ4v) is 2.35. The first-order valence-electron chi connectivity index (χ1n) is 7.20. The van der Waals surface area contributed by atoms with Crippen molar-refractivity contribution in [2.75, 3.05) is 0 Å². The Bertz CT molecular complexity index is 846. The summed E-state index contributed by atoms with van der Waals surface area (Å²) in [5, 5.41) is 7.40. The van der Waals surface area contributed by atoms with Crippen LogP contribution in [0.3, 0.4) is 0 Å². The van der Waals surface area contributed by atoms with Gasteiger partial charge in [0.1, 0.15) is 18.1 Å². The summed E-state index contributed by atoms with van der Waals surface area (Å²) < 4.78 is 5.73. The van der Waals surface area contributed by atoms with Crippen LogP contribution in [0, 0.1) is 0 Å². The molecule has 0 saturated heterocycles. The van der Waals surface area contributed by atoms with E-state index >= 15 is 0 Å². The number of hydrogen-bond donors (Lipinski definition) is 3. The number of aromatic nitrogens is 2. The maximum atomic E-state index is 11.4. The van der Waals surface area contributed by atoms with Gasteiger partial charge in [0.25, 0.3) is 5.91 Å². The van der Waals surface area contributed by atoms with Gasteiger partial charge in [-0.15, -0.1) is 0 Å². The van der Waals surface area contributed by atoms with Gasteiger partial charge in [-0.1, -0.05) is 29.8 Å². The topological polar surface area (TPSA) is 93.0 Å². The molecule has 3 rings (SSSR count). The number of halogens is 1. The molecule has 0 radical (unpaired) electrons. The van der Waals surface area contributed by atoms with E-state index in [9.17, 15) is 4.79 Å². The molecule has 122 valence electrons. The number of amides is 1. The molecule has 0 unspecified atom stereocenters. The zero-order valence-corrected chi connectivity index (χ0v) is 13.4. The average Bonchev–Trinajstić information content (AvgIpc) is 3.11. The quantitative estimate of drug-likeness (QED) is 0.377. The molecule has 0 saturated carbocycles. The zero-order valence-electron chi connectivity index (χ0n) is 12.6. The fourth-order valence-electron chi connectivity index (χ4n) is 2.16. The molecule has 0 aliphatic carbocycles. The molecule has 1 amide bonds. The molecule has 1 heterocycles. The number of H-pyrrole nitrogens is 1. The van der Waals surface area contributed by atoms with Gasteiger partial charge in [0, 0.05) is 16.1 Å². The lowest BCUT2D eigenvalue weighted by Gasteiger charge is -2.08. The molecule has 0 spiro atoms. The van der Waals surface area contributed by atoms with Gasteiger partial charge in [0.05, 0.1) is 5.69 Å². The predicted octanol–water partition coefficient (Wildman–Crippen LogP) is 2.91. The van der Waals surface area contributed by atoms with Crippen LogP contribution in [0.15, 0.2) is 54.6 Å². The largest absolute Gasteiger partial charge is 0.489 e. The van der Waals surface area contributed by atoms with Crippen molar-refractivity contribution >= 4 is 17.5 Å². The molecule has 0 bridgehead atoms. The lowest BCUT2D eigenvalue weighted by Crippen LogP contribution is -2.30. The number of nitrogens with zero attached hydrogens (tertiary/aromatic N) is 1. The number of nitrogens with one attached hydrogen (secondary N) is 2. The number of hydrogen-bond acceptors (Lipinski definition) is 4. The van der Waals surface area contributed by atoms with Gasteiger partial charge >= 0.3 is 0 Å². The summed E-state index contributed by atoms with van der Waals surface area (Å²) in [4.78, 5) is 11.4. The molecule has 1 aromatic heterocycles. The van der Waals surface area contributed by atoms with Crippen molar-refractivity contribution in [3.8, 4) is 17.0 Å². The highest BCUT2D eigenvalue weighted by atomic mass is 35.5. The number of hydrazine groups is 1. The number of carbonyl (C=O) groups excluding carboxylic acids is 1. The molecular weight excluding hydrogens is 328 g/mol. The lowest BCUT2D eigenvalue weighted by atomic mass is 10.1. The Hall–Kier alpha value is -2.83. The van der Waals surface area contributed by atoms with Crippen molar-refractivity contribution < 1.29 is 9.53 Å². The number of carbonyl (C=O) groups is 1. The van der Waals surface area contributed by atoms with Crippen molar-refractivity contribution in [1.29, 1.82) is 0 Å². The molecule has 3 aromatic rings. The fraction of sp³-hybridized carbons (Fsp3) is 0.0588. The van der Waals surface area contributed by atoms with Crippen LogP contribution in [-0.4, -0.2) is 16.1 Å². The molecule has 7 heteroatoms. The van der Waals surface area contributed by atoms with E-state index in [2.05, 4.69) is 15.6 Å². The number of nitrogen functional groups attached to an aromatic ring is 1. The molecular formula is C17H15ClN4O2. The van der Waals surface area contributed by atoms with Crippen molar-refractivity contribution in [2.24, 2.45) is 5.84 Å². The normalized spacial score (nSPS) is 10.4. The Morgan fingerprint density at radius 2 is 1.96 bits per heavy atom. The van der Waals surface area contributed by atoms with E-state index in [0.717, 1.165) is 11.1 Å². The van der Waals surface area contributed by atoms with Crippen LogP contribution in [0.2, 0.25) is 5.02 Å². The third-order valence-corrected chi connectivity index (χ3v) is 3.82. The lowest BCUT2D eigenvalue weighted by molar-refractivity contribution is 0.0948. The number of nitrogens with two attached hydrogens (primary N) is 1. The maximum Gasteiger partial charge on any atom is 0.283 e. The summed E-state index contributed by atoms with van der Waals surface area (Å²) in [5.41, 5.74) is 4.77. The van der Waals surface area contributed by atoms with Crippen molar-refractivity contribution in [2.45, 2.75) is 6.61 Å². The van der Waals surface area contributed by atoms with E-state index in [0.29, 0.717) is 28.8 Å². The highest BCUT2D eigenvalue weighted by molar-refractivity contribution is 6.31. The number of ether oxygens (including phenoxy) is 1. The van der Waals surface area contributed by atoms with Crippen LogP contribution in [0.1, 0.15) is 16.1 Å². The van der Waals surface area contributed by atoms with Crippen LogP contribution in [0.5, 0.6) is 5.75 Å². The number of aromatic amines is 1. The Balaban J connectivity index is 1.68. The molecule has 0 atom stereocenters. The molecule has 4 N–H and O–H groups in total. The van der Waals surface area contributed by atoms with E-state index in [1.54, 1.807) is 6.07 Å². The van der Waals surface area contributed by atoms with E-state index in [1.165, 1.54) is 0 Å². The van der Waals surface area contributed by atoms with Gasteiger partial charge in [0.15, 0.2) is 0 Å². The summed E-state index contributed by atoms with van der Waals surface area (Å²) in [5.74, 6) is 5.38. The molecule has 0 aliphatic rings. The van der Waals surface area contributed by atoms with Gasteiger partial charge in [-0.3, -0.25) is 15.3 Å². The molecule has 6 nitrogen and oxygen atoms in total. The SMILES string of the molecule is NNC(=O)c1cc(-c2ccc(OCc3ccccc3Cl)cc2)n[nH]1. The summed E-state index contributed by atoms with van der Waals surface area (Å²) in [6.07, 6.45) is 0. The van der Waals surface area contributed by atoms with Gasteiger partial charge in [0.2, 0.25) is 0 Å². The van der Waals surface area contributed by atoms with E-state index in [4.69, 9.17) is 22.2 Å². The third kappa shape index (κ3) is 3.56. The summed E-state index contributed by atoms with van der Waals surface area (Å²) in [6.45, 7) is 0.391. The minimum absolute atomic E-state index is 0.298. The Kier molecular flexibility index (Phi) is 4.79. The van der Waals surface area contributed by atoms with Gasteiger partial charge in [-0.05, 0) is 36.4 Å². The summed E-state index contributed by atoms with van der Waals surface area (Å²) in [6, 6.07) is 16.6. The Labute approximate surface area is 143 Å². The van der Waals surface area contributed by atoms with Crippen LogP contribution < -0.4 is 16.0 Å². The number of benzene rings is 2. The summed E-state index contributed by atoms with van der Waals surface area (Å²) in [7, 11) is 0. The summed E-state index contributed by atoms with van der Waals surface area (Å²) >= 11 is 6.10. The van der Waals surface area contributed by atoms with Crippen molar-refractivity contribution in [1.82, 2.24) is 15.6 Å². The average molecular weight is 343 g/mol. The highest BCUT2D eigenvalue weighted by Crippen LogP contribution is 2.23. The van der Waals surface area contributed by atoms with E-state index < -0.39 is 5.91 Å².